The molecule has 1 aromatic heterocycles. The summed E-state index contributed by atoms with van der Waals surface area (Å²) in [4.78, 5) is 26.3. The zero-order valence-corrected chi connectivity index (χ0v) is 21.1. The lowest BCUT2D eigenvalue weighted by Crippen LogP contribution is -2.05. The number of ketones is 1. The highest BCUT2D eigenvalue weighted by Crippen LogP contribution is 2.37. The minimum Gasteiger partial charge on any atom is -0.469 e. The fourth-order valence-electron chi connectivity index (χ4n) is 3.95. The summed E-state index contributed by atoms with van der Waals surface area (Å²) in [6, 6.07) is 12.8. The summed E-state index contributed by atoms with van der Waals surface area (Å²) in [6.07, 6.45) is -2.59. The number of rotatable bonds is 9. The van der Waals surface area contributed by atoms with E-state index < -0.39 is 11.7 Å². The normalized spacial score (nSPS) is 11.7. The Bertz CT molecular complexity index is 1190. The third-order valence-electron chi connectivity index (χ3n) is 6.03. The van der Waals surface area contributed by atoms with Gasteiger partial charge in [-0.05, 0) is 72.2 Å². The van der Waals surface area contributed by atoms with Crippen molar-refractivity contribution < 1.29 is 27.5 Å². The molecular formula is C28H29F3O3S. The lowest BCUT2D eigenvalue weighted by atomic mass is 9.96. The third-order valence-corrected chi connectivity index (χ3v) is 7.29. The fourth-order valence-corrected chi connectivity index (χ4v) is 5.27. The van der Waals surface area contributed by atoms with Gasteiger partial charge in [-0.25, -0.2) is 0 Å². The quantitative estimate of drug-likeness (QED) is 0.222. The topological polar surface area (TPSA) is 43.4 Å². The number of benzene rings is 2. The van der Waals surface area contributed by atoms with Crippen molar-refractivity contribution in [1.29, 1.82) is 0 Å². The van der Waals surface area contributed by atoms with E-state index >= 15 is 0 Å². The van der Waals surface area contributed by atoms with Gasteiger partial charge < -0.3 is 4.74 Å². The molecule has 0 saturated carbocycles. The van der Waals surface area contributed by atoms with E-state index in [0.29, 0.717) is 31.2 Å². The molecule has 2 aromatic carbocycles. The van der Waals surface area contributed by atoms with Crippen molar-refractivity contribution in [3.63, 3.8) is 0 Å². The van der Waals surface area contributed by atoms with Crippen LogP contribution >= 0.6 is 11.3 Å². The number of halogens is 3. The van der Waals surface area contributed by atoms with E-state index in [-0.39, 0.29) is 17.7 Å². The molecular weight excluding hydrogens is 473 g/mol. The van der Waals surface area contributed by atoms with E-state index in [4.69, 9.17) is 0 Å². The highest BCUT2D eigenvalue weighted by Gasteiger charge is 2.30. The number of methoxy groups -OCH3 is 1. The molecule has 0 bridgehead atoms. The molecule has 3 nitrogen and oxygen atoms in total. The van der Waals surface area contributed by atoms with Gasteiger partial charge >= 0.3 is 12.1 Å². The first-order valence-corrected chi connectivity index (χ1v) is 12.3. The van der Waals surface area contributed by atoms with Gasteiger partial charge in [-0.15, -0.1) is 11.3 Å². The molecule has 0 atom stereocenters. The zero-order valence-electron chi connectivity index (χ0n) is 20.3. The second kappa shape index (κ2) is 11.2. The highest BCUT2D eigenvalue weighted by atomic mass is 32.1. The molecule has 3 rings (SSSR count). The number of carbonyl (C=O) groups is 2. The van der Waals surface area contributed by atoms with E-state index in [1.165, 1.54) is 30.6 Å². The Morgan fingerprint density at radius 1 is 0.971 bits per heavy atom. The maximum absolute atomic E-state index is 12.9. The number of hydrogen-bond donors (Lipinski definition) is 0. The molecule has 0 spiro atoms. The number of aryl methyl sites for hydroxylation is 3. The Hall–Kier alpha value is -2.93. The van der Waals surface area contributed by atoms with Crippen LogP contribution in [0.15, 0.2) is 48.5 Å². The second-order valence-corrected chi connectivity index (χ2v) is 10.00. The summed E-state index contributed by atoms with van der Waals surface area (Å²) < 4.78 is 43.4. The van der Waals surface area contributed by atoms with Gasteiger partial charge in [-0.1, -0.05) is 38.1 Å². The van der Waals surface area contributed by atoms with Crippen LogP contribution in [0.2, 0.25) is 0 Å². The third kappa shape index (κ3) is 6.82. The van der Waals surface area contributed by atoms with Crippen molar-refractivity contribution in [2.24, 2.45) is 0 Å². The van der Waals surface area contributed by atoms with Crippen LogP contribution in [0.25, 0.3) is 10.4 Å². The maximum Gasteiger partial charge on any atom is 0.416 e. The number of Topliss-reactive ketones (excluding diaryl/α,β-unsaturated/α-hetero) is 1. The second-order valence-electron chi connectivity index (χ2n) is 8.86. The van der Waals surface area contributed by atoms with E-state index in [9.17, 15) is 22.8 Å². The SMILES string of the molecule is COC(=O)CCc1ccc(C(=O)CCc2sc(-c3ccc(C(F)(F)F)cc3)cc2C(C)C)cc1C. The van der Waals surface area contributed by atoms with Gasteiger partial charge in [0.1, 0.15) is 0 Å². The van der Waals surface area contributed by atoms with Crippen LogP contribution in [0.1, 0.15) is 70.1 Å². The van der Waals surface area contributed by atoms with Gasteiger partial charge in [0.25, 0.3) is 0 Å². The summed E-state index contributed by atoms with van der Waals surface area (Å²) in [7, 11) is 1.36. The monoisotopic (exact) mass is 502 g/mol. The van der Waals surface area contributed by atoms with Crippen LogP contribution in [0.4, 0.5) is 13.2 Å². The summed E-state index contributed by atoms with van der Waals surface area (Å²) in [6.45, 7) is 6.07. The molecule has 0 unspecified atom stereocenters. The van der Waals surface area contributed by atoms with Gasteiger partial charge in [-0.3, -0.25) is 9.59 Å². The van der Waals surface area contributed by atoms with Crippen LogP contribution in [0.3, 0.4) is 0 Å². The standard InChI is InChI=1S/C28H29F3O3S/c1-17(2)23-16-26(20-7-10-22(11-8-20)28(29,30)31)35-25(23)13-12-24(32)21-6-5-19(18(3)15-21)9-14-27(33)34-4/h5-8,10-11,15-17H,9,12-14H2,1-4H3. The summed E-state index contributed by atoms with van der Waals surface area (Å²) in [5.41, 5.74) is 3.79. The van der Waals surface area contributed by atoms with Gasteiger partial charge in [0.2, 0.25) is 0 Å². The molecule has 0 amide bonds. The minimum absolute atomic E-state index is 0.0341. The predicted octanol–water partition coefficient (Wildman–Crippen LogP) is 7.79. The maximum atomic E-state index is 12.9. The van der Waals surface area contributed by atoms with Crippen molar-refractivity contribution in [1.82, 2.24) is 0 Å². The number of ether oxygens (including phenoxy) is 1. The molecule has 0 fully saturated rings. The summed E-state index contributed by atoms with van der Waals surface area (Å²) in [5.74, 6) is -0.000171. The Morgan fingerprint density at radius 2 is 1.66 bits per heavy atom. The molecule has 35 heavy (non-hydrogen) atoms. The van der Waals surface area contributed by atoms with Crippen molar-refractivity contribution in [3.8, 4) is 10.4 Å². The molecule has 0 aliphatic rings. The predicted molar refractivity (Wildman–Crippen MR) is 133 cm³/mol. The van der Waals surface area contributed by atoms with Crippen LogP contribution in [0, 0.1) is 6.92 Å². The Morgan fingerprint density at radius 3 is 2.23 bits per heavy atom. The first-order chi connectivity index (χ1) is 16.5. The van der Waals surface area contributed by atoms with Crippen molar-refractivity contribution in [2.45, 2.75) is 58.5 Å². The van der Waals surface area contributed by atoms with Crippen LogP contribution < -0.4 is 0 Å². The first kappa shape index (κ1) is 26.7. The minimum atomic E-state index is -4.36. The molecule has 7 heteroatoms. The van der Waals surface area contributed by atoms with Gasteiger partial charge in [0.15, 0.2) is 5.78 Å². The molecule has 186 valence electrons. The largest absolute Gasteiger partial charge is 0.469 e. The van der Waals surface area contributed by atoms with Gasteiger partial charge in [0, 0.05) is 28.2 Å². The molecule has 0 saturated heterocycles. The zero-order chi connectivity index (χ0) is 25.8. The van der Waals surface area contributed by atoms with Crippen LogP contribution in [-0.2, 0) is 28.5 Å². The molecule has 0 radical (unpaired) electrons. The number of hydrogen-bond acceptors (Lipinski definition) is 4. The average Bonchev–Trinajstić information content (AvgIpc) is 3.25. The van der Waals surface area contributed by atoms with E-state index in [2.05, 4.69) is 18.6 Å². The highest BCUT2D eigenvalue weighted by molar-refractivity contribution is 7.15. The van der Waals surface area contributed by atoms with E-state index in [1.807, 2.05) is 25.1 Å². The Balaban J connectivity index is 1.72. The number of thiophene rings is 1. The first-order valence-electron chi connectivity index (χ1n) is 11.5. The smallest absolute Gasteiger partial charge is 0.416 e. The van der Waals surface area contributed by atoms with Crippen molar-refractivity contribution in [2.75, 3.05) is 7.11 Å². The van der Waals surface area contributed by atoms with Crippen LogP contribution in [0.5, 0.6) is 0 Å². The van der Waals surface area contributed by atoms with E-state index in [1.54, 1.807) is 6.07 Å². The number of esters is 1. The lowest BCUT2D eigenvalue weighted by molar-refractivity contribution is -0.140. The molecule has 0 aliphatic carbocycles. The van der Waals surface area contributed by atoms with Gasteiger partial charge in [-0.2, -0.15) is 13.2 Å². The Labute approximate surface area is 207 Å². The van der Waals surface area contributed by atoms with Crippen molar-refractivity contribution >= 4 is 23.1 Å². The number of alkyl halides is 3. The molecule has 1 heterocycles. The summed E-state index contributed by atoms with van der Waals surface area (Å²) in [5, 5.41) is 0. The average molecular weight is 503 g/mol. The lowest BCUT2D eigenvalue weighted by Gasteiger charge is -2.09. The van der Waals surface area contributed by atoms with Crippen molar-refractivity contribution in [3.05, 3.63) is 81.2 Å². The Kier molecular flexibility index (Phi) is 8.54. The molecule has 3 aromatic rings. The molecule has 0 aliphatic heterocycles. The van der Waals surface area contributed by atoms with Gasteiger partial charge in [0.05, 0.1) is 12.7 Å². The molecule has 0 N–H and O–H groups in total. The van der Waals surface area contributed by atoms with E-state index in [0.717, 1.165) is 44.1 Å². The fraction of sp³-hybridized carbons (Fsp3) is 0.357. The summed E-state index contributed by atoms with van der Waals surface area (Å²) >= 11 is 1.53. The van der Waals surface area contributed by atoms with Crippen LogP contribution in [-0.4, -0.2) is 18.9 Å². The number of carbonyl (C=O) groups excluding carboxylic acids is 2.